The van der Waals surface area contributed by atoms with Crippen LogP contribution in [0.25, 0.3) is 0 Å². The highest BCUT2D eigenvalue weighted by molar-refractivity contribution is 6.31. The van der Waals surface area contributed by atoms with Crippen LogP contribution < -0.4 is 5.32 Å². The zero-order valence-electron chi connectivity index (χ0n) is 11.6. The van der Waals surface area contributed by atoms with Crippen molar-refractivity contribution >= 4 is 11.6 Å². The monoisotopic (exact) mass is 281 g/mol. The molecule has 19 heavy (non-hydrogen) atoms. The van der Waals surface area contributed by atoms with Crippen LogP contribution in [0.2, 0.25) is 5.02 Å². The van der Waals surface area contributed by atoms with Gasteiger partial charge in [-0.1, -0.05) is 36.7 Å². The van der Waals surface area contributed by atoms with Crippen LogP contribution in [0.15, 0.2) is 24.3 Å². The first kappa shape index (κ1) is 14.8. The van der Waals surface area contributed by atoms with E-state index in [-0.39, 0.29) is 0 Å². The predicted octanol–water partition coefficient (Wildman–Crippen LogP) is 3.58. The molecule has 0 aliphatic heterocycles. The zero-order chi connectivity index (χ0) is 13.7. The molecule has 2 nitrogen and oxygen atoms in total. The molecule has 3 heteroatoms. The van der Waals surface area contributed by atoms with Crippen molar-refractivity contribution < 1.29 is 5.11 Å². The second-order valence-corrected chi connectivity index (χ2v) is 6.18. The van der Waals surface area contributed by atoms with E-state index >= 15 is 0 Å². The highest BCUT2D eigenvalue weighted by Crippen LogP contribution is 2.39. The number of nitrogens with one attached hydrogen (secondary N) is 1. The summed E-state index contributed by atoms with van der Waals surface area (Å²) in [5.74, 6) is 1.06. The van der Waals surface area contributed by atoms with E-state index in [9.17, 15) is 0 Å². The molecule has 1 saturated carbocycles. The summed E-state index contributed by atoms with van der Waals surface area (Å²) in [5.41, 5.74) is 1.30. The van der Waals surface area contributed by atoms with E-state index in [1.165, 1.54) is 18.4 Å². The van der Waals surface area contributed by atoms with E-state index < -0.39 is 0 Å². The predicted molar refractivity (Wildman–Crippen MR) is 80.7 cm³/mol. The standard InChI is InChI=1S/C16H24ClNO/c1-12(11-19)5-4-8-18-14-9-13(10-14)15-6-2-3-7-16(15)17/h2-3,6-7,12-14,18-19H,4-5,8-11H2,1H3. The zero-order valence-corrected chi connectivity index (χ0v) is 12.4. The number of hydrogen-bond donors (Lipinski definition) is 2. The van der Waals surface area contributed by atoms with Gasteiger partial charge >= 0.3 is 0 Å². The minimum absolute atomic E-state index is 0.304. The Morgan fingerprint density at radius 1 is 1.37 bits per heavy atom. The fourth-order valence-corrected chi connectivity index (χ4v) is 2.98. The molecule has 0 aromatic heterocycles. The molecule has 0 amide bonds. The maximum atomic E-state index is 8.95. The summed E-state index contributed by atoms with van der Waals surface area (Å²) in [4.78, 5) is 0. The van der Waals surface area contributed by atoms with Gasteiger partial charge in [-0.3, -0.25) is 0 Å². The van der Waals surface area contributed by atoms with E-state index in [1.807, 2.05) is 12.1 Å². The SMILES string of the molecule is CC(CO)CCCNC1CC(c2ccccc2Cl)C1. The van der Waals surface area contributed by atoms with E-state index in [0.717, 1.165) is 24.4 Å². The molecule has 106 valence electrons. The molecule has 0 radical (unpaired) electrons. The lowest BCUT2D eigenvalue weighted by Gasteiger charge is -2.37. The third-order valence-electron chi connectivity index (χ3n) is 4.10. The van der Waals surface area contributed by atoms with Crippen molar-refractivity contribution in [1.29, 1.82) is 0 Å². The number of hydrogen-bond acceptors (Lipinski definition) is 2. The van der Waals surface area contributed by atoms with Crippen molar-refractivity contribution in [2.75, 3.05) is 13.2 Å². The Hall–Kier alpha value is -0.570. The first-order chi connectivity index (χ1) is 9.20. The van der Waals surface area contributed by atoms with Gasteiger partial charge in [-0.15, -0.1) is 0 Å². The largest absolute Gasteiger partial charge is 0.396 e. The van der Waals surface area contributed by atoms with Crippen molar-refractivity contribution in [3.63, 3.8) is 0 Å². The molecule has 1 aromatic carbocycles. The summed E-state index contributed by atoms with van der Waals surface area (Å²) < 4.78 is 0. The molecular formula is C16H24ClNO. The average Bonchev–Trinajstić information content (AvgIpc) is 2.37. The molecule has 0 spiro atoms. The Labute approximate surface area is 121 Å². The molecule has 2 rings (SSSR count). The number of aliphatic hydroxyl groups is 1. The van der Waals surface area contributed by atoms with E-state index in [2.05, 4.69) is 24.4 Å². The molecule has 1 aromatic rings. The van der Waals surface area contributed by atoms with Gasteiger partial charge in [0.1, 0.15) is 0 Å². The molecule has 1 atom stereocenters. The lowest BCUT2D eigenvalue weighted by atomic mass is 9.76. The van der Waals surface area contributed by atoms with E-state index in [1.54, 1.807) is 0 Å². The fraction of sp³-hybridized carbons (Fsp3) is 0.625. The Morgan fingerprint density at radius 2 is 2.11 bits per heavy atom. The summed E-state index contributed by atoms with van der Waals surface area (Å²) in [5, 5.41) is 13.5. The van der Waals surface area contributed by atoms with Crippen LogP contribution in [0.3, 0.4) is 0 Å². The summed E-state index contributed by atoms with van der Waals surface area (Å²) in [7, 11) is 0. The molecule has 0 saturated heterocycles. The number of aliphatic hydroxyl groups excluding tert-OH is 1. The van der Waals surface area contributed by atoms with Gasteiger partial charge in [0.05, 0.1) is 0 Å². The van der Waals surface area contributed by atoms with Crippen LogP contribution in [-0.4, -0.2) is 24.3 Å². The van der Waals surface area contributed by atoms with Crippen molar-refractivity contribution in [3.8, 4) is 0 Å². The highest BCUT2D eigenvalue weighted by Gasteiger charge is 2.30. The lowest BCUT2D eigenvalue weighted by Crippen LogP contribution is -2.40. The quantitative estimate of drug-likeness (QED) is 0.749. The average molecular weight is 282 g/mol. The van der Waals surface area contributed by atoms with Crippen molar-refractivity contribution in [2.24, 2.45) is 5.92 Å². The number of rotatable bonds is 7. The lowest BCUT2D eigenvalue weighted by molar-refractivity contribution is 0.225. The number of benzene rings is 1. The van der Waals surface area contributed by atoms with Crippen molar-refractivity contribution in [3.05, 3.63) is 34.9 Å². The van der Waals surface area contributed by atoms with Crippen LogP contribution in [0.1, 0.15) is 44.1 Å². The molecule has 1 aliphatic rings. The molecular weight excluding hydrogens is 258 g/mol. The summed E-state index contributed by atoms with van der Waals surface area (Å²) in [6.07, 6.45) is 4.64. The van der Waals surface area contributed by atoms with Crippen molar-refractivity contribution in [1.82, 2.24) is 5.32 Å². The molecule has 1 unspecified atom stereocenters. The second-order valence-electron chi connectivity index (χ2n) is 5.77. The van der Waals surface area contributed by atoms with Gasteiger partial charge in [0.25, 0.3) is 0 Å². The third kappa shape index (κ3) is 4.20. The van der Waals surface area contributed by atoms with Gasteiger partial charge in [-0.05, 0) is 55.7 Å². The molecule has 1 aliphatic carbocycles. The Bertz CT molecular complexity index is 390. The van der Waals surface area contributed by atoms with Crippen molar-refractivity contribution in [2.45, 2.75) is 44.6 Å². The topological polar surface area (TPSA) is 32.3 Å². The van der Waals surface area contributed by atoms with E-state index in [4.69, 9.17) is 16.7 Å². The van der Waals surface area contributed by atoms with Gasteiger partial charge in [0, 0.05) is 17.7 Å². The maximum Gasteiger partial charge on any atom is 0.0456 e. The normalized spacial score (nSPS) is 23.9. The van der Waals surface area contributed by atoms with Crippen LogP contribution in [0, 0.1) is 5.92 Å². The second kappa shape index (κ2) is 7.28. The molecule has 0 heterocycles. The maximum absolute atomic E-state index is 8.95. The fourth-order valence-electron chi connectivity index (χ4n) is 2.69. The third-order valence-corrected chi connectivity index (χ3v) is 4.45. The Kier molecular flexibility index (Phi) is 5.68. The van der Waals surface area contributed by atoms with Gasteiger partial charge in [-0.25, -0.2) is 0 Å². The highest BCUT2D eigenvalue weighted by atomic mass is 35.5. The first-order valence-corrected chi connectivity index (χ1v) is 7.67. The van der Waals surface area contributed by atoms with Gasteiger partial charge in [0.2, 0.25) is 0 Å². The minimum Gasteiger partial charge on any atom is -0.396 e. The van der Waals surface area contributed by atoms with Gasteiger partial charge < -0.3 is 10.4 Å². The summed E-state index contributed by atoms with van der Waals surface area (Å²) in [6.45, 7) is 3.46. The van der Waals surface area contributed by atoms with E-state index in [0.29, 0.717) is 24.5 Å². The molecule has 0 bridgehead atoms. The number of halogens is 1. The van der Waals surface area contributed by atoms with Crippen LogP contribution in [-0.2, 0) is 0 Å². The Balaban J connectivity index is 1.63. The molecule has 2 N–H and O–H groups in total. The minimum atomic E-state index is 0.304. The Morgan fingerprint density at radius 3 is 2.79 bits per heavy atom. The van der Waals surface area contributed by atoms with Gasteiger partial charge in [0.15, 0.2) is 0 Å². The summed E-state index contributed by atoms with van der Waals surface area (Å²) in [6, 6.07) is 8.83. The molecule has 1 fully saturated rings. The van der Waals surface area contributed by atoms with Crippen LogP contribution in [0.5, 0.6) is 0 Å². The first-order valence-electron chi connectivity index (χ1n) is 7.29. The van der Waals surface area contributed by atoms with Crippen LogP contribution in [0.4, 0.5) is 0 Å². The van der Waals surface area contributed by atoms with Crippen LogP contribution >= 0.6 is 11.6 Å². The smallest absolute Gasteiger partial charge is 0.0456 e. The summed E-state index contributed by atoms with van der Waals surface area (Å²) >= 11 is 6.21. The van der Waals surface area contributed by atoms with Gasteiger partial charge in [-0.2, -0.15) is 0 Å².